The highest BCUT2D eigenvalue weighted by atomic mass is 32.2. The first-order chi connectivity index (χ1) is 9.05. The van der Waals surface area contributed by atoms with Crippen molar-refractivity contribution in [2.75, 3.05) is 13.7 Å². The van der Waals surface area contributed by atoms with Crippen LogP contribution in [0.15, 0.2) is 29.2 Å². The summed E-state index contributed by atoms with van der Waals surface area (Å²) in [6.07, 6.45) is 1.53. The lowest BCUT2D eigenvalue weighted by molar-refractivity contribution is 0.171. The maximum Gasteiger partial charge on any atom is 0.242 e. The minimum Gasteiger partial charge on any atom is -0.383 e. The van der Waals surface area contributed by atoms with Gasteiger partial charge in [0.15, 0.2) is 0 Å². The van der Waals surface area contributed by atoms with Gasteiger partial charge in [0.25, 0.3) is 0 Å². The fourth-order valence-electron chi connectivity index (χ4n) is 1.80. The molecule has 1 aromatic carbocycles. The number of nitrogens with one attached hydrogen (secondary N) is 1. The van der Waals surface area contributed by atoms with Crippen LogP contribution in [0, 0.1) is 11.3 Å². The number of nitriles is 1. The molecule has 0 heterocycles. The van der Waals surface area contributed by atoms with E-state index in [2.05, 4.69) is 4.72 Å². The van der Waals surface area contributed by atoms with Crippen molar-refractivity contribution in [3.63, 3.8) is 0 Å². The number of nitrogens with zero attached hydrogens (tertiary/aromatic N) is 1. The van der Waals surface area contributed by atoms with Crippen molar-refractivity contribution in [2.45, 2.75) is 30.7 Å². The van der Waals surface area contributed by atoms with E-state index in [1.54, 1.807) is 12.1 Å². The number of hydrogen-bond acceptors (Lipinski definition) is 4. The Hall–Kier alpha value is -1.42. The summed E-state index contributed by atoms with van der Waals surface area (Å²) < 4.78 is 32.1. The minimum absolute atomic E-state index is 0.00899. The SMILES string of the molecule is CCCC(COC)NS(=O)(=O)c1ccccc1C#N. The Bertz CT molecular complexity index is 543. The Balaban J connectivity index is 3.00. The van der Waals surface area contributed by atoms with Crippen LogP contribution in [0.5, 0.6) is 0 Å². The van der Waals surface area contributed by atoms with Gasteiger partial charge in [-0.25, -0.2) is 13.1 Å². The first-order valence-corrected chi connectivity index (χ1v) is 7.53. The Labute approximate surface area is 114 Å². The van der Waals surface area contributed by atoms with E-state index in [0.717, 1.165) is 6.42 Å². The lowest BCUT2D eigenvalue weighted by Gasteiger charge is -2.17. The molecule has 1 N–H and O–H groups in total. The van der Waals surface area contributed by atoms with Crippen LogP contribution in [-0.4, -0.2) is 28.2 Å². The number of sulfonamides is 1. The first kappa shape index (κ1) is 15.6. The summed E-state index contributed by atoms with van der Waals surface area (Å²) in [5.74, 6) is 0. The van der Waals surface area contributed by atoms with Crippen molar-refractivity contribution < 1.29 is 13.2 Å². The molecule has 5 nitrogen and oxygen atoms in total. The van der Waals surface area contributed by atoms with Crippen LogP contribution in [0.3, 0.4) is 0 Å². The molecule has 0 saturated carbocycles. The van der Waals surface area contributed by atoms with E-state index in [1.165, 1.54) is 19.2 Å². The lowest BCUT2D eigenvalue weighted by Crippen LogP contribution is -2.38. The van der Waals surface area contributed by atoms with E-state index in [-0.39, 0.29) is 16.5 Å². The van der Waals surface area contributed by atoms with Crippen molar-refractivity contribution in [3.05, 3.63) is 29.8 Å². The Kier molecular flexibility index (Phi) is 5.96. The minimum atomic E-state index is -3.70. The summed E-state index contributed by atoms with van der Waals surface area (Å²) in [7, 11) is -2.17. The van der Waals surface area contributed by atoms with Crippen molar-refractivity contribution in [1.82, 2.24) is 4.72 Å². The van der Waals surface area contributed by atoms with Crippen molar-refractivity contribution in [2.24, 2.45) is 0 Å². The predicted octanol–water partition coefficient (Wildman–Crippen LogP) is 1.65. The van der Waals surface area contributed by atoms with Gasteiger partial charge in [0.1, 0.15) is 6.07 Å². The third-order valence-electron chi connectivity index (χ3n) is 2.62. The van der Waals surface area contributed by atoms with E-state index in [1.807, 2.05) is 13.0 Å². The molecule has 0 aliphatic heterocycles. The summed E-state index contributed by atoms with van der Waals surface area (Å²) in [6.45, 7) is 2.28. The van der Waals surface area contributed by atoms with E-state index >= 15 is 0 Å². The van der Waals surface area contributed by atoms with Crippen molar-refractivity contribution in [1.29, 1.82) is 5.26 Å². The van der Waals surface area contributed by atoms with Crippen molar-refractivity contribution >= 4 is 10.0 Å². The van der Waals surface area contributed by atoms with E-state index in [0.29, 0.717) is 13.0 Å². The normalized spacial score (nSPS) is 12.9. The molecule has 1 rings (SSSR count). The Morgan fingerprint density at radius 2 is 2.11 bits per heavy atom. The van der Waals surface area contributed by atoms with Gasteiger partial charge >= 0.3 is 0 Å². The second kappa shape index (κ2) is 7.24. The molecule has 6 heteroatoms. The monoisotopic (exact) mass is 282 g/mol. The van der Waals surface area contributed by atoms with Crippen LogP contribution in [0.2, 0.25) is 0 Å². The highest BCUT2D eigenvalue weighted by molar-refractivity contribution is 7.89. The van der Waals surface area contributed by atoms with Crippen LogP contribution >= 0.6 is 0 Å². The van der Waals surface area contributed by atoms with Gasteiger partial charge in [-0.3, -0.25) is 0 Å². The summed E-state index contributed by atoms with van der Waals surface area (Å²) in [5.41, 5.74) is 0.141. The lowest BCUT2D eigenvalue weighted by atomic mass is 10.2. The van der Waals surface area contributed by atoms with Crippen LogP contribution in [0.1, 0.15) is 25.3 Å². The predicted molar refractivity (Wildman–Crippen MR) is 72.1 cm³/mol. The van der Waals surface area contributed by atoms with Gasteiger partial charge in [-0.05, 0) is 18.6 Å². The molecular formula is C13H18N2O3S. The highest BCUT2D eigenvalue weighted by Crippen LogP contribution is 2.15. The van der Waals surface area contributed by atoms with Gasteiger partial charge in [-0.1, -0.05) is 25.5 Å². The summed E-state index contributed by atoms with van der Waals surface area (Å²) in [6, 6.07) is 7.75. The fourth-order valence-corrected chi connectivity index (χ4v) is 3.21. The van der Waals surface area contributed by atoms with Crippen LogP contribution < -0.4 is 4.72 Å². The molecule has 1 aromatic rings. The third kappa shape index (κ3) is 4.31. The summed E-state index contributed by atoms with van der Waals surface area (Å²) >= 11 is 0. The van der Waals surface area contributed by atoms with Gasteiger partial charge in [0, 0.05) is 13.2 Å². The van der Waals surface area contributed by atoms with Gasteiger partial charge in [-0.2, -0.15) is 5.26 Å². The van der Waals surface area contributed by atoms with Crippen LogP contribution in [0.4, 0.5) is 0 Å². The standard InChI is InChI=1S/C13H18N2O3S/c1-3-6-12(10-18-2)15-19(16,17)13-8-5-4-7-11(13)9-14/h4-5,7-8,12,15H,3,6,10H2,1-2H3. The topological polar surface area (TPSA) is 79.2 Å². The maximum atomic E-state index is 12.3. The molecule has 0 fully saturated rings. The quantitative estimate of drug-likeness (QED) is 0.824. The van der Waals surface area contributed by atoms with Gasteiger partial charge in [0.2, 0.25) is 10.0 Å². The molecule has 0 bridgehead atoms. The molecule has 0 aliphatic rings. The zero-order valence-corrected chi connectivity index (χ0v) is 11.9. The molecule has 1 unspecified atom stereocenters. The van der Waals surface area contributed by atoms with Gasteiger partial charge < -0.3 is 4.74 Å². The molecule has 0 aromatic heterocycles. The average molecular weight is 282 g/mol. The number of ether oxygens (including phenoxy) is 1. The third-order valence-corrected chi connectivity index (χ3v) is 4.20. The second-order valence-electron chi connectivity index (χ2n) is 4.17. The van der Waals surface area contributed by atoms with Crippen LogP contribution in [0.25, 0.3) is 0 Å². The molecule has 0 saturated heterocycles. The molecule has 19 heavy (non-hydrogen) atoms. The average Bonchev–Trinajstić information content (AvgIpc) is 2.39. The molecule has 104 valence electrons. The molecule has 0 spiro atoms. The van der Waals surface area contributed by atoms with E-state index < -0.39 is 10.0 Å². The first-order valence-electron chi connectivity index (χ1n) is 6.05. The number of hydrogen-bond donors (Lipinski definition) is 1. The van der Waals surface area contributed by atoms with Gasteiger partial charge in [-0.15, -0.1) is 0 Å². The molecule has 0 radical (unpaired) electrons. The number of methoxy groups -OCH3 is 1. The molecule has 0 amide bonds. The number of rotatable bonds is 7. The fraction of sp³-hybridized carbons (Fsp3) is 0.462. The zero-order chi connectivity index (χ0) is 14.3. The Morgan fingerprint density at radius 3 is 2.68 bits per heavy atom. The Morgan fingerprint density at radius 1 is 1.42 bits per heavy atom. The maximum absolute atomic E-state index is 12.3. The number of benzene rings is 1. The summed E-state index contributed by atoms with van der Waals surface area (Å²) in [4.78, 5) is 0.00899. The second-order valence-corrected chi connectivity index (χ2v) is 5.85. The van der Waals surface area contributed by atoms with Crippen LogP contribution in [-0.2, 0) is 14.8 Å². The highest BCUT2D eigenvalue weighted by Gasteiger charge is 2.22. The molecule has 1 atom stereocenters. The zero-order valence-electron chi connectivity index (χ0n) is 11.1. The summed E-state index contributed by atoms with van der Waals surface area (Å²) in [5, 5.41) is 8.96. The van der Waals surface area contributed by atoms with Crippen molar-refractivity contribution in [3.8, 4) is 6.07 Å². The molecular weight excluding hydrogens is 264 g/mol. The smallest absolute Gasteiger partial charge is 0.242 e. The van der Waals surface area contributed by atoms with E-state index in [4.69, 9.17) is 10.00 Å². The molecule has 0 aliphatic carbocycles. The van der Waals surface area contributed by atoms with Gasteiger partial charge in [0.05, 0.1) is 17.1 Å². The largest absolute Gasteiger partial charge is 0.383 e. The van der Waals surface area contributed by atoms with E-state index in [9.17, 15) is 8.42 Å².